The number of nitrogens with one attached hydrogen (secondary N) is 1. The van der Waals surface area contributed by atoms with E-state index in [0.717, 1.165) is 40.4 Å². The molecule has 0 fully saturated rings. The Kier molecular flexibility index (Phi) is 5.50. The highest BCUT2D eigenvalue weighted by Crippen LogP contribution is 2.38. The van der Waals surface area contributed by atoms with Gasteiger partial charge in [0.2, 0.25) is 0 Å². The first-order valence-corrected chi connectivity index (χ1v) is 12.8. The lowest BCUT2D eigenvalue weighted by molar-refractivity contribution is 0.496. The van der Waals surface area contributed by atoms with Crippen LogP contribution in [0.1, 0.15) is 30.7 Å². The zero-order valence-corrected chi connectivity index (χ0v) is 21.6. The number of hydrogen-bond donors (Lipinski definition) is 1. The number of pyridine rings is 1. The van der Waals surface area contributed by atoms with E-state index in [1.807, 2.05) is 33.7 Å². The maximum Gasteiger partial charge on any atom is 0.319 e. The molecule has 172 valence electrons. The molecule has 5 heterocycles. The van der Waals surface area contributed by atoms with E-state index in [9.17, 15) is 8.78 Å². The Morgan fingerprint density at radius 2 is 1.88 bits per heavy atom. The first kappa shape index (κ1) is 21.9. The van der Waals surface area contributed by atoms with E-state index in [2.05, 4.69) is 65.3 Å². The summed E-state index contributed by atoms with van der Waals surface area (Å²) >= 11 is 4.70. The first-order valence-electron chi connectivity index (χ1n) is 10.3. The average Bonchev–Trinajstić information content (AvgIpc) is 3.56. The number of anilines is 1. The van der Waals surface area contributed by atoms with Gasteiger partial charge in [0.05, 0.1) is 28.9 Å². The Morgan fingerprint density at radius 1 is 1.09 bits per heavy atom. The van der Waals surface area contributed by atoms with E-state index in [4.69, 9.17) is 9.52 Å². The van der Waals surface area contributed by atoms with Gasteiger partial charge in [0.25, 0.3) is 5.89 Å². The highest BCUT2D eigenvalue weighted by Gasteiger charge is 2.36. The van der Waals surface area contributed by atoms with Crippen molar-refractivity contribution in [2.45, 2.75) is 14.4 Å². The quantitative estimate of drug-likeness (QED) is 0.201. The average molecular weight is 685 g/mol. The predicted octanol–water partition coefficient (Wildman–Crippen LogP) is 5.41. The summed E-state index contributed by atoms with van der Waals surface area (Å²) in [5.41, 5.74) is 4.22. The largest absolute Gasteiger partial charge is 0.403 e. The zero-order chi connectivity index (χ0) is 23.4. The van der Waals surface area contributed by atoms with Crippen LogP contribution < -0.4 is 4.90 Å². The molecule has 8 nitrogen and oxygen atoms in total. The number of halogens is 4. The molecule has 0 bridgehead atoms. The Morgan fingerprint density at radius 3 is 2.68 bits per heavy atom. The van der Waals surface area contributed by atoms with E-state index in [0.29, 0.717) is 13.0 Å². The van der Waals surface area contributed by atoms with E-state index in [1.165, 1.54) is 6.07 Å². The molecule has 1 N–H and O–H groups in total. The maximum absolute atomic E-state index is 14.3. The minimum Gasteiger partial charge on any atom is -0.403 e. The van der Waals surface area contributed by atoms with E-state index in [1.54, 1.807) is 6.33 Å². The monoisotopic (exact) mass is 685 g/mol. The lowest BCUT2D eigenvalue weighted by Gasteiger charge is -2.32. The SMILES string of the molecule is Fc1cccc(F)c1-c1nnc(N2CCc3[nH]cnc3[C@@H]2c2cc3cccc(C(I)I)n3n2)o1. The number of alkyl halides is 2. The molecule has 1 aromatic carbocycles. The second kappa shape index (κ2) is 8.55. The molecule has 0 saturated carbocycles. The molecule has 0 radical (unpaired) electrons. The van der Waals surface area contributed by atoms with Gasteiger partial charge < -0.3 is 14.3 Å². The summed E-state index contributed by atoms with van der Waals surface area (Å²) in [4.78, 5) is 9.63. The third-order valence-electron chi connectivity index (χ3n) is 5.80. The first-order chi connectivity index (χ1) is 16.5. The molecule has 12 heteroatoms. The molecule has 1 aliphatic heterocycles. The van der Waals surface area contributed by atoms with Crippen LogP contribution in [0.2, 0.25) is 0 Å². The fraction of sp³-hybridized carbons (Fsp3) is 0.182. The predicted molar refractivity (Wildman–Crippen MR) is 137 cm³/mol. The van der Waals surface area contributed by atoms with Crippen LogP contribution >= 0.6 is 45.2 Å². The van der Waals surface area contributed by atoms with Gasteiger partial charge in [-0.05, 0) is 30.3 Å². The van der Waals surface area contributed by atoms with Crippen molar-refractivity contribution in [3.8, 4) is 11.5 Å². The number of rotatable bonds is 4. The van der Waals surface area contributed by atoms with Crippen LogP contribution in [-0.2, 0) is 6.42 Å². The molecule has 1 atom stereocenters. The summed E-state index contributed by atoms with van der Waals surface area (Å²) in [7, 11) is 0. The summed E-state index contributed by atoms with van der Waals surface area (Å²) in [5.74, 6) is -1.74. The minimum atomic E-state index is -0.764. The van der Waals surface area contributed by atoms with Crippen molar-refractivity contribution in [2.24, 2.45) is 0 Å². The van der Waals surface area contributed by atoms with Crippen LogP contribution in [0.4, 0.5) is 14.8 Å². The molecule has 0 unspecified atom stereocenters. The van der Waals surface area contributed by atoms with Gasteiger partial charge in [0, 0.05) is 18.7 Å². The van der Waals surface area contributed by atoms with E-state index in [-0.39, 0.29) is 19.4 Å². The highest BCUT2D eigenvalue weighted by atomic mass is 127. The van der Waals surface area contributed by atoms with Gasteiger partial charge in [0.15, 0.2) is 0 Å². The number of aromatic nitrogens is 6. The van der Waals surface area contributed by atoms with Crippen molar-refractivity contribution in [2.75, 3.05) is 11.4 Å². The Bertz CT molecular complexity index is 1490. The summed E-state index contributed by atoms with van der Waals surface area (Å²) in [5, 5.41) is 13.0. The number of benzene rings is 1. The normalized spacial score (nSPS) is 15.9. The molecular weight excluding hydrogens is 670 g/mol. The van der Waals surface area contributed by atoms with Gasteiger partial charge in [-0.1, -0.05) is 62.4 Å². The summed E-state index contributed by atoms with van der Waals surface area (Å²) in [6.45, 7) is 0.531. The Labute approximate surface area is 219 Å². The van der Waals surface area contributed by atoms with Gasteiger partial charge in [0.1, 0.15) is 25.2 Å². The molecular formula is C22H15F2I2N7O. The summed E-state index contributed by atoms with van der Waals surface area (Å²) < 4.78 is 36.5. The van der Waals surface area contributed by atoms with Crippen molar-refractivity contribution < 1.29 is 13.2 Å². The molecule has 34 heavy (non-hydrogen) atoms. The fourth-order valence-corrected chi connectivity index (χ4v) is 5.21. The van der Waals surface area contributed by atoms with Crippen molar-refractivity contribution >= 4 is 56.7 Å². The minimum absolute atomic E-state index is 0.147. The molecule has 0 amide bonds. The molecule has 6 rings (SSSR count). The van der Waals surface area contributed by atoms with Crippen LogP contribution in [0.25, 0.3) is 17.0 Å². The third-order valence-corrected chi connectivity index (χ3v) is 7.08. The Balaban J connectivity index is 1.47. The fourth-order valence-electron chi connectivity index (χ4n) is 4.27. The molecule has 4 aromatic heterocycles. The smallest absolute Gasteiger partial charge is 0.319 e. The van der Waals surface area contributed by atoms with Crippen LogP contribution in [0, 0.1) is 11.6 Å². The Hall–Kier alpha value is -2.62. The number of nitrogens with zero attached hydrogens (tertiary/aromatic N) is 6. The topological polar surface area (TPSA) is 88.1 Å². The van der Waals surface area contributed by atoms with Gasteiger partial charge in [-0.3, -0.25) is 0 Å². The maximum atomic E-state index is 14.3. The number of aromatic amines is 1. The molecule has 0 spiro atoms. The van der Waals surface area contributed by atoms with Gasteiger partial charge >= 0.3 is 6.01 Å². The molecule has 0 saturated heterocycles. The molecule has 0 aliphatic carbocycles. The standard InChI is InChI=1S/C22H15F2I2N7O/c23-12-4-2-5-13(24)17(12)21-29-30-22(34-21)32-8-7-14-18(28-10-27-14)19(32)15-9-11-3-1-6-16(20(25)26)33(11)31-15/h1-6,9-10,19-20H,7-8H2,(H,27,28)/t19-/m0/s1. The molecule has 1 aliphatic rings. The highest BCUT2D eigenvalue weighted by molar-refractivity contribution is 14.2. The molecule has 5 aromatic rings. The number of hydrogen-bond acceptors (Lipinski definition) is 6. The zero-order valence-electron chi connectivity index (χ0n) is 17.3. The van der Waals surface area contributed by atoms with Crippen LogP contribution in [0.5, 0.6) is 0 Å². The lowest BCUT2D eigenvalue weighted by atomic mass is 10.0. The van der Waals surface area contributed by atoms with Crippen LogP contribution in [-0.4, -0.2) is 36.3 Å². The number of imidazole rings is 1. The number of fused-ring (bicyclic) bond motifs is 2. The summed E-state index contributed by atoms with van der Waals surface area (Å²) in [6, 6.07) is 11.4. The van der Waals surface area contributed by atoms with Crippen molar-refractivity contribution in [3.05, 3.63) is 83.2 Å². The van der Waals surface area contributed by atoms with E-state index < -0.39 is 17.7 Å². The van der Waals surface area contributed by atoms with Gasteiger partial charge in [-0.15, -0.1) is 5.10 Å². The third kappa shape index (κ3) is 3.57. The van der Waals surface area contributed by atoms with Crippen LogP contribution in [0.3, 0.4) is 0 Å². The van der Waals surface area contributed by atoms with Crippen molar-refractivity contribution in [1.82, 2.24) is 29.8 Å². The lowest BCUT2D eigenvalue weighted by Crippen LogP contribution is -2.37. The van der Waals surface area contributed by atoms with E-state index >= 15 is 0 Å². The van der Waals surface area contributed by atoms with Crippen molar-refractivity contribution in [1.29, 1.82) is 0 Å². The van der Waals surface area contributed by atoms with Gasteiger partial charge in [-0.2, -0.15) is 5.10 Å². The number of H-pyrrole nitrogens is 1. The van der Waals surface area contributed by atoms with Crippen molar-refractivity contribution in [3.63, 3.8) is 0 Å². The second-order valence-corrected chi connectivity index (χ2v) is 12.6. The van der Waals surface area contributed by atoms with Crippen LogP contribution in [0.15, 0.2) is 53.2 Å². The van der Waals surface area contributed by atoms with Gasteiger partial charge in [-0.25, -0.2) is 18.3 Å². The second-order valence-electron chi connectivity index (χ2n) is 7.76. The summed E-state index contributed by atoms with van der Waals surface area (Å²) in [6.07, 6.45) is 2.32.